The van der Waals surface area contributed by atoms with Crippen LogP contribution >= 0.6 is 0 Å². The van der Waals surface area contributed by atoms with Crippen molar-refractivity contribution in [3.8, 4) is 0 Å². The molecule has 2 aliphatic carbocycles. The van der Waals surface area contributed by atoms with Crippen molar-refractivity contribution in [1.29, 1.82) is 0 Å². The molecule has 462 valence electrons. The van der Waals surface area contributed by atoms with E-state index in [-0.39, 0.29) is 18.6 Å². The van der Waals surface area contributed by atoms with E-state index >= 15 is 52.7 Å². The van der Waals surface area contributed by atoms with Gasteiger partial charge in [-0.15, -0.1) is 0 Å². The van der Waals surface area contributed by atoms with E-state index in [0.29, 0.717) is 9.81 Å². The zero-order valence-electron chi connectivity index (χ0n) is 42.3. The number of hydrogen-bond acceptors (Lipinski definition) is 0. The molecule has 2 N–H and O–H groups in total. The van der Waals surface area contributed by atoms with E-state index in [4.69, 9.17) is 0 Å². The van der Waals surface area contributed by atoms with Crippen molar-refractivity contribution in [3.63, 3.8) is 0 Å². The van der Waals surface area contributed by atoms with Gasteiger partial charge < -0.3 is 9.81 Å². The topological polar surface area (TPSA) is 27.9 Å². The summed E-state index contributed by atoms with van der Waals surface area (Å²) in [6, 6.07) is 0. The summed E-state index contributed by atoms with van der Waals surface area (Å²) in [6.45, 7) is 4.17. The third kappa shape index (κ3) is 12.2. The van der Waals surface area contributed by atoms with Crippen LogP contribution in [0.5, 0.6) is 0 Å². The molecule has 2 nitrogen and oxygen atoms in total. The van der Waals surface area contributed by atoms with Gasteiger partial charge in [-0.05, 0) is 109 Å². The van der Waals surface area contributed by atoms with Crippen LogP contribution in [0.3, 0.4) is 0 Å². The van der Waals surface area contributed by atoms with Crippen LogP contribution in [0.15, 0.2) is 0 Å². The first-order valence-corrected chi connectivity index (χ1v) is 22.9. The van der Waals surface area contributed by atoms with E-state index in [1.807, 2.05) is 38.5 Å². The predicted molar refractivity (Wildman–Crippen MR) is 244 cm³/mol. The Morgan fingerprint density at radius 3 is 0.466 bits per heavy atom. The van der Waals surface area contributed by atoms with Gasteiger partial charge in [-0.2, -0.15) is 0 Å². The van der Waals surface area contributed by atoms with Gasteiger partial charge in [0.1, 0.15) is 69.8 Å². The Kier molecular flexibility index (Phi) is 22.9. The first-order valence-electron chi connectivity index (χ1n) is 22.9. The Morgan fingerprint density at radius 2 is 0.352 bits per heavy atom. The second kappa shape index (κ2) is 28.0. The number of benzene rings is 6. The van der Waals surface area contributed by atoms with Crippen molar-refractivity contribution in [3.05, 3.63) is 257 Å². The summed E-state index contributed by atoms with van der Waals surface area (Å²) in [5, 5.41) is 0. The molecule has 0 amide bonds. The fraction of sp³-hybridized carbons (Fsp3) is 0.0377. The predicted octanol–water partition coefficient (Wildman–Crippen LogP) is 7.98. The van der Waals surface area contributed by atoms with Crippen LogP contribution in [-0.2, 0) is 18.6 Å². The number of rotatable bonds is 10. The Morgan fingerprint density at radius 1 is 0.227 bits per heavy atom. The van der Waals surface area contributed by atoms with Crippen LogP contribution < -0.4 is 42.6 Å². The molecule has 2 fully saturated rings. The summed E-state index contributed by atoms with van der Waals surface area (Å²) < 4.78 is 455. The number of halogens is 30. The Bertz CT molecular complexity index is 3020. The summed E-state index contributed by atoms with van der Waals surface area (Å²) in [7, 11) is 0. The third-order valence-electron chi connectivity index (χ3n) is 12.7. The molecular weight excluding hydrogens is 1310 g/mol. The molecule has 88 heavy (non-hydrogen) atoms. The van der Waals surface area contributed by atoms with Crippen LogP contribution in [-0.4, -0.2) is 25.0 Å². The average Bonchev–Trinajstić information content (AvgIpc) is 0.760. The molecule has 0 aliphatic heterocycles. The van der Waals surface area contributed by atoms with E-state index in [9.17, 15) is 79.0 Å². The van der Waals surface area contributed by atoms with Gasteiger partial charge in [0.25, 0.3) is 0 Å². The van der Waals surface area contributed by atoms with Crippen molar-refractivity contribution in [2.24, 2.45) is 0 Å². The maximum Gasteiger partial charge on any atom is 0.371 e. The Labute approximate surface area is 487 Å². The summed E-state index contributed by atoms with van der Waals surface area (Å²) >= 11 is 0. The van der Waals surface area contributed by atoms with Crippen molar-refractivity contribution in [1.82, 2.24) is 0 Å². The second-order valence-corrected chi connectivity index (χ2v) is 17.7. The SMILES string of the molecule is C[C]1[CH][CH][CH][CH][CH]1.C[C]1[CH][CH][CH][CH][CH]1.Fc1c(F)c(F)c([B-]([NH+]=[C][CH][C]=[NH+][B-](c2c(F)c(F)c(F)c(F)c2F)(c2c(F)c(F)c(F)c(F)c2F)c2c(F)c(F)c(F)c(F)c2F)(c2c(F)c(F)c(F)c(F)c2F)c2c(F)c(F)c(F)c(F)c2F)c(F)c1F.[V]. The van der Waals surface area contributed by atoms with Gasteiger partial charge in [-0.1, -0.05) is 13.8 Å². The number of hydrogen-bond donors (Lipinski definition) is 2. The van der Waals surface area contributed by atoms with E-state index in [1.54, 1.807) is 0 Å². The first-order chi connectivity index (χ1) is 40.5. The van der Waals surface area contributed by atoms with Gasteiger partial charge in [-0.25, -0.2) is 132 Å². The Balaban J connectivity index is 0.000000824. The average molecular weight is 1330 g/mol. The van der Waals surface area contributed by atoms with Gasteiger partial charge in [0.2, 0.25) is 12.4 Å². The van der Waals surface area contributed by atoms with Crippen molar-refractivity contribution in [2.75, 3.05) is 0 Å². The summed E-state index contributed by atoms with van der Waals surface area (Å²) in [4.78, 5) is 1.20. The third-order valence-corrected chi connectivity index (χ3v) is 12.7. The largest absolute Gasteiger partial charge is 0.449 e. The summed E-state index contributed by atoms with van der Waals surface area (Å²) in [5.74, 6) is -105. The molecule has 35 heteroatoms. The van der Waals surface area contributed by atoms with Crippen LogP contribution in [0.4, 0.5) is 132 Å². The maximum atomic E-state index is 15.9. The molecular formula is C53H19B2F30N2V. The van der Waals surface area contributed by atoms with Crippen LogP contribution in [0.1, 0.15) is 13.8 Å². The van der Waals surface area contributed by atoms with E-state index in [1.165, 1.54) is 11.8 Å². The van der Waals surface area contributed by atoms with Crippen molar-refractivity contribution < 1.29 is 160 Å². The molecule has 6 aromatic rings. The smallest absolute Gasteiger partial charge is 0.371 e. The molecule has 0 spiro atoms. The van der Waals surface area contributed by atoms with Crippen molar-refractivity contribution in [2.45, 2.75) is 13.8 Å². The monoisotopic (exact) mass is 1330 g/mol. The van der Waals surface area contributed by atoms with Gasteiger partial charge in [-0.3, -0.25) is 0 Å². The number of nitrogens with one attached hydrogen (secondary N) is 2. The van der Waals surface area contributed by atoms with Gasteiger partial charge >= 0.3 is 12.6 Å². The molecule has 0 unspecified atom stereocenters. The minimum absolute atomic E-state index is 0. The van der Waals surface area contributed by atoms with E-state index < -0.39 is 226 Å². The minimum Gasteiger partial charge on any atom is -0.449 e. The second-order valence-electron chi connectivity index (χ2n) is 17.7. The van der Waals surface area contributed by atoms with Crippen LogP contribution in [0.25, 0.3) is 0 Å². The van der Waals surface area contributed by atoms with Crippen molar-refractivity contribution >= 4 is 57.8 Å². The van der Waals surface area contributed by atoms with Gasteiger partial charge in [0.15, 0.2) is 111 Å². The molecule has 0 saturated heterocycles. The summed E-state index contributed by atoms with van der Waals surface area (Å²) in [6.07, 6.45) is 7.20. The fourth-order valence-corrected chi connectivity index (χ4v) is 8.75. The van der Waals surface area contributed by atoms with Crippen LogP contribution in [0, 0.1) is 257 Å². The normalized spacial score (nSPS) is 14.4. The molecule has 0 aromatic heterocycles. The molecule has 6 aromatic carbocycles. The molecule has 0 bridgehead atoms. The molecule has 16 radical (unpaired) electrons. The first kappa shape index (κ1) is 72.0. The molecule has 8 rings (SSSR count). The van der Waals surface area contributed by atoms with Crippen LogP contribution in [0.2, 0.25) is 0 Å². The zero-order valence-corrected chi connectivity index (χ0v) is 43.7. The quantitative estimate of drug-likeness (QED) is 0.0459. The Hall–Kier alpha value is -6.73. The summed E-state index contributed by atoms with van der Waals surface area (Å²) in [5.41, 5.74) is -20.8. The van der Waals surface area contributed by atoms with Gasteiger partial charge in [0, 0.05) is 18.6 Å². The maximum absolute atomic E-state index is 15.9. The fourth-order valence-electron chi connectivity index (χ4n) is 8.75. The van der Waals surface area contributed by atoms with Gasteiger partial charge in [0.05, 0.1) is 0 Å². The molecule has 0 atom stereocenters. The molecule has 2 aliphatic rings. The zero-order chi connectivity index (χ0) is 65.5. The van der Waals surface area contributed by atoms with E-state index in [0.717, 1.165) is 12.4 Å². The molecule has 0 heterocycles. The standard InChI is InChI=1S/C39H3B2F30N2.2C7H8.V/c42-10-4(11(43)23(55)34(66)22(10)54)40(5-12(44)24(56)35(67)25(57)13(5)45,6-14(46)26(58)36(68)27(59)15(6)47)72-2-1-3-73-41(7-16(48)28(60)37(69)29(61)17(7)49,8-18(50)30(62)38(70)31(63)19(8)51)9-20(52)32(64)39(71)33(65)21(9)53;2*1-7-5-3-2-4-6-7;/h1,72-73H;2*2-6H,1H3;. The molecule has 2 saturated carbocycles. The van der Waals surface area contributed by atoms with E-state index in [2.05, 4.69) is 39.5 Å². The minimum atomic E-state index is -6.92.